The van der Waals surface area contributed by atoms with Crippen molar-refractivity contribution in [3.8, 4) is 11.3 Å². The van der Waals surface area contributed by atoms with Gasteiger partial charge in [-0.05, 0) is 18.9 Å². The third-order valence-corrected chi connectivity index (χ3v) is 3.96. The molecule has 1 aliphatic heterocycles. The highest BCUT2D eigenvalue weighted by molar-refractivity contribution is 5.88. The molecule has 3 rings (SSSR count). The lowest BCUT2D eigenvalue weighted by Gasteiger charge is -2.24. The molecule has 7 nitrogen and oxygen atoms in total. The van der Waals surface area contributed by atoms with Crippen molar-refractivity contribution in [3.63, 3.8) is 0 Å². The van der Waals surface area contributed by atoms with Crippen LogP contribution in [0.1, 0.15) is 41.9 Å². The summed E-state index contributed by atoms with van der Waals surface area (Å²) >= 11 is 0. The van der Waals surface area contributed by atoms with Crippen molar-refractivity contribution in [2.45, 2.75) is 25.8 Å². The molecule has 2 aromatic rings. The van der Waals surface area contributed by atoms with Gasteiger partial charge in [0, 0.05) is 43.8 Å². The zero-order chi connectivity index (χ0) is 16.4. The van der Waals surface area contributed by atoms with Gasteiger partial charge in [0.05, 0.1) is 23.0 Å². The average Bonchev–Trinajstić information content (AvgIpc) is 3.04. The first-order chi connectivity index (χ1) is 11.1. The molecule has 0 unspecified atom stereocenters. The highest BCUT2D eigenvalue weighted by atomic mass is 16.4. The fraction of sp³-hybridized carbons (Fsp3) is 0.312. The van der Waals surface area contributed by atoms with Crippen molar-refractivity contribution in [2.24, 2.45) is 0 Å². The summed E-state index contributed by atoms with van der Waals surface area (Å²) in [6.45, 7) is 2.24. The number of carbonyl (C=O) groups is 2. The molecule has 0 bridgehead atoms. The maximum atomic E-state index is 11.8. The number of rotatable bonds is 3. The second-order valence-corrected chi connectivity index (χ2v) is 5.43. The molecule has 0 aliphatic carbocycles. The molecule has 1 N–H and O–H groups in total. The minimum atomic E-state index is -1.05. The van der Waals surface area contributed by atoms with Crippen LogP contribution in [0, 0.1) is 0 Å². The Morgan fingerprint density at radius 2 is 2.04 bits per heavy atom. The quantitative estimate of drug-likeness (QED) is 0.930. The number of amides is 1. The lowest BCUT2D eigenvalue weighted by atomic mass is 10.0. The molecule has 1 fully saturated rings. The molecule has 7 heteroatoms. The molecular weight excluding hydrogens is 296 g/mol. The molecule has 3 heterocycles. The van der Waals surface area contributed by atoms with Crippen LogP contribution in [0.4, 0.5) is 0 Å². The van der Waals surface area contributed by atoms with Gasteiger partial charge in [-0.25, -0.2) is 4.79 Å². The molecular formula is C16H16N4O3. The van der Waals surface area contributed by atoms with Gasteiger partial charge in [0.2, 0.25) is 5.91 Å². The third kappa shape index (κ3) is 2.90. The normalized spacial score (nSPS) is 17.3. The van der Waals surface area contributed by atoms with Crippen molar-refractivity contribution in [3.05, 3.63) is 42.1 Å². The second-order valence-electron chi connectivity index (χ2n) is 5.43. The largest absolute Gasteiger partial charge is 0.478 e. The van der Waals surface area contributed by atoms with E-state index in [0.717, 1.165) is 12.8 Å². The van der Waals surface area contributed by atoms with E-state index in [1.165, 1.54) is 12.3 Å². The number of carboxylic acid groups (broad SMARTS) is 1. The predicted molar refractivity (Wildman–Crippen MR) is 81.6 cm³/mol. The van der Waals surface area contributed by atoms with Crippen LogP contribution < -0.4 is 0 Å². The first kappa shape index (κ1) is 15.1. The second kappa shape index (κ2) is 6.12. The molecule has 23 heavy (non-hydrogen) atoms. The Kier molecular flexibility index (Phi) is 4.01. The Bertz CT molecular complexity index is 762. The van der Waals surface area contributed by atoms with Gasteiger partial charge in [-0.1, -0.05) is 0 Å². The van der Waals surface area contributed by atoms with E-state index in [9.17, 15) is 9.59 Å². The van der Waals surface area contributed by atoms with Crippen LogP contribution in [0.25, 0.3) is 11.3 Å². The van der Waals surface area contributed by atoms with Crippen LogP contribution in [0.3, 0.4) is 0 Å². The number of carbonyl (C=O) groups excluding carboxylic acids is 1. The topological polar surface area (TPSA) is 96.3 Å². The Labute approximate surface area is 133 Å². The van der Waals surface area contributed by atoms with E-state index in [1.807, 2.05) is 0 Å². The molecule has 0 radical (unpaired) electrons. The Morgan fingerprint density at radius 1 is 1.26 bits per heavy atom. The summed E-state index contributed by atoms with van der Waals surface area (Å²) in [5, 5.41) is 9.12. The van der Waals surface area contributed by atoms with E-state index in [4.69, 9.17) is 5.11 Å². The highest BCUT2D eigenvalue weighted by Crippen LogP contribution is 2.35. The molecule has 1 amide bonds. The van der Waals surface area contributed by atoms with Gasteiger partial charge in [-0.2, -0.15) is 0 Å². The van der Waals surface area contributed by atoms with Crippen molar-refractivity contribution in [2.75, 3.05) is 6.54 Å². The zero-order valence-electron chi connectivity index (χ0n) is 12.6. The maximum absolute atomic E-state index is 11.8. The number of aromatic carboxylic acids is 1. The Morgan fingerprint density at radius 3 is 2.78 bits per heavy atom. The Hall–Kier alpha value is -2.83. The summed E-state index contributed by atoms with van der Waals surface area (Å²) in [7, 11) is 0. The number of carboxylic acids is 1. The standard InChI is InChI=1S/C16H16N4O3/c1-10(21)20-6-2-3-13(20)15-14(18-4-5-19-15)11-7-12(16(22)23)9-17-8-11/h4-5,7-9,13H,2-3,6H2,1H3,(H,22,23)/t13-/m1/s1. The fourth-order valence-electron chi connectivity index (χ4n) is 2.93. The minimum absolute atomic E-state index is 0.00140. The van der Waals surface area contributed by atoms with Crippen LogP contribution in [-0.2, 0) is 4.79 Å². The highest BCUT2D eigenvalue weighted by Gasteiger charge is 2.31. The number of nitrogens with zero attached hydrogens (tertiary/aromatic N) is 4. The number of hydrogen-bond donors (Lipinski definition) is 1. The van der Waals surface area contributed by atoms with E-state index >= 15 is 0 Å². The molecule has 1 saturated heterocycles. The smallest absolute Gasteiger partial charge is 0.337 e. The summed E-state index contributed by atoms with van der Waals surface area (Å²) in [6, 6.07) is 1.39. The first-order valence-electron chi connectivity index (χ1n) is 7.34. The summed E-state index contributed by atoms with van der Waals surface area (Å²) in [5.41, 5.74) is 1.93. The zero-order valence-corrected chi connectivity index (χ0v) is 12.6. The molecule has 118 valence electrons. The lowest BCUT2D eigenvalue weighted by Crippen LogP contribution is -2.29. The molecule has 2 aromatic heterocycles. The predicted octanol–water partition coefficient (Wildman–Crippen LogP) is 1.92. The van der Waals surface area contributed by atoms with E-state index in [-0.39, 0.29) is 17.5 Å². The van der Waals surface area contributed by atoms with Gasteiger partial charge < -0.3 is 10.0 Å². The fourth-order valence-corrected chi connectivity index (χ4v) is 2.93. The van der Waals surface area contributed by atoms with Gasteiger partial charge in [0.1, 0.15) is 0 Å². The lowest BCUT2D eigenvalue weighted by molar-refractivity contribution is -0.129. The molecule has 1 aliphatic rings. The van der Waals surface area contributed by atoms with Gasteiger partial charge in [-0.3, -0.25) is 19.7 Å². The van der Waals surface area contributed by atoms with Crippen LogP contribution >= 0.6 is 0 Å². The van der Waals surface area contributed by atoms with Crippen LogP contribution in [0.2, 0.25) is 0 Å². The minimum Gasteiger partial charge on any atom is -0.478 e. The van der Waals surface area contributed by atoms with Gasteiger partial charge >= 0.3 is 5.97 Å². The summed E-state index contributed by atoms with van der Waals surface area (Å²) in [6.07, 6.45) is 7.72. The van der Waals surface area contributed by atoms with Crippen LogP contribution in [0.5, 0.6) is 0 Å². The molecule has 0 aromatic carbocycles. The SMILES string of the molecule is CC(=O)N1CCC[C@@H]1c1nccnc1-c1cncc(C(=O)O)c1. The van der Waals surface area contributed by atoms with Crippen molar-refractivity contribution >= 4 is 11.9 Å². The van der Waals surface area contributed by atoms with E-state index < -0.39 is 5.97 Å². The number of hydrogen-bond acceptors (Lipinski definition) is 5. The monoisotopic (exact) mass is 312 g/mol. The van der Waals surface area contributed by atoms with E-state index in [0.29, 0.717) is 23.5 Å². The summed E-state index contributed by atoms with van der Waals surface area (Å²) in [5.74, 6) is -1.04. The van der Waals surface area contributed by atoms with Gasteiger partial charge in [-0.15, -0.1) is 0 Å². The number of pyridine rings is 1. The molecule has 0 spiro atoms. The van der Waals surface area contributed by atoms with Gasteiger partial charge in [0.15, 0.2) is 0 Å². The summed E-state index contributed by atoms with van der Waals surface area (Å²) in [4.78, 5) is 37.5. The third-order valence-electron chi connectivity index (χ3n) is 3.96. The van der Waals surface area contributed by atoms with E-state index in [2.05, 4.69) is 15.0 Å². The van der Waals surface area contributed by atoms with Crippen molar-refractivity contribution in [1.29, 1.82) is 0 Å². The number of likely N-dealkylation sites (tertiary alicyclic amines) is 1. The summed E-state index contributed by atoms with van der Waals surface area (Å²) < 4.78 is 0. The average molecular weight is 312 g/mol. The first-order valence-corrected chi connectivity index (χ1v) is 7.34. The molecule has 1 atom stereocenters. The van der Waals surface area contributed by atoms with Crippen molar-refractivity contribution < 1.29 is 14.7 Å². The van der Waals surface area contributed by atoms with E-state index in [1.54, 1.807) is 30.4 Å². The van der Waals surface area contributed by atoms with Crippen LogP contribution in [0.15, 0.2) is 30.9 Å². The van der Waals surface area contributed by atoms with Gasteiger partial charge in [0.25, 0.3) is 0 Å². The number of aromatic nitrogens is 3. The molecule has 0 saturated carbocycles. The Balaban J connectivity index is 2.06. The maximum Gasteiger partial charge on any atom is 0.337 e. The van der Waals surface area contributed by atoms with Crippen LogP contribution in [-0.4, -0.2) is 43.4 Å². The van der Waals surface area contributed by atoms with Crippen molar-refractivity contribution in [1.82, 2.24) is 19.9 Å².